The molecule has 0 radical (unpaired) electrons. The molecule has 0 saturated carbocycles. The van der Waals surface area contributed by atoms with E-state index in [0.717, 1.165) is 0 Å². The van der Waals surface area contributed by atoms with Crippen LogP contribution in [0.25, 0.3) is 0 Å². The first-order valence-electron chi connectivity index (χ1n) is 7.25. The third-order valence-corrected chi connectivity index (χ3v) is 5.05. The van der Waals surface area contributed by atoms with Crippen LogP contribution in [0.15, 0.2) is 0 Å². The lowest BCUT2D eigenvalue weighted by Crippen LogP contribution is -2.59. The Labute approximate surface area is 115 Å². The molecule has 0 aliphatic heterocycles. The highest BCUT2D eigenvalue weighted by Gasteiger charge is 2.70. The van der Waals surface area contributed by atoms with Gasteiger partial charge in [0, 0.05) is 10.8 Å². The second-order valence-electron chi connectivity index (χ2n) is 6.08. The highest BCUT2D eigenvalue weighted by molar-refractivity contribution is 5.04. The van der Waals surface area contributed by atoms with Crippen LogP contribution >= 0.6 is 0 Å². The Balaban J connectivity index is 5.72. The summed E-state index contributed by atoms with van der Waals surface area (Å²) in [5.74, 6) is -7.99. The molecular formula is C15H28F4. The van der Waals surface area contributed by atoms with Gasteiger partial charge in [0.05, 0.1) is 0 Å². The van der Waals surface area contributed by atoms with Gasteiger partial charge in [-0.1, -0.05) is 48.0 Å². The number of hydrogen-bond donors (Lipinski definition) is 0. The fourth-order valence-electron chi connectivity index (χ4n) is 2.56. The molecule has 4 heteroatoms. The van der Waals surface area contributed by atoms with Gasteiger partial charge in [0.15, 0.2) is 0 Å². The summed E-state index contributed by atoms with van der Waals surface area (Å²) in [5, 5.41) is 0. The predicted octanol–water partition coefficient (Wildman–Crippen LogP) is 6.30. The van der Waals surface area contributed by atoms with Crippen LogP contribution in [0.4, 0.5) is 17.6 Å². The average Bonchev–Trinajstić information content (AvgIpc) is 2.37. The van der Waals surface area contributed by atoms with E-state index in [1.165, 1.54) is 13.8 Å². The molecule has 1 atom stereocenters. The van der Waals surface area contributed by atoms with Crippen LogP contribution in [0.5, 0.6) is 0 Å². The Morgan fingerprint density at radius 1 is 0.632 bits per heavy atom. The Morgan fingerprint density at radius 3 is 1.21 bits per heavy atom. The number of halogens is 4. The first kappa shape index (κ1) is 18.7. The van der Waals surface area contributed by atoms with Gasteiger partial charge in [0.25, 0.3) is 0 Å². The molecule has 0 saturated heterocycles. The van der Waals surface area contributed by atoms with Gasteiger partial charge in [-0.2, -0.15) is 17.6 Å². The van der Waals surface area contributed by atoms with Crippen molar-refractivity contribution in [2.45, 2.75) is 85.5 Å². The summed E-state index contributed by atoms with van der Waals surface area (Å²) >= 11 is 0. The van der Waals surface area contributed by atoms with E-state index in [1.54, 1.807) is 27.7 Å². The molecule has 0 N–H and O–H groups in total. The molecule has 0 aromatic carbocycles. The van der Waals surface area contributed by atoms with Crippen molar-refractivity contribution in [1.29, 1.82) is 0 Å². The molecule has 0 aliphatic carbocycles. The summed E-state index contributed by atoms with van der Waals surface area (Å²) in [6.45, 7) is 8.97. The third-order valence-electron chi connectivity index (χ3n) is 5.05. The standard InChI is InChI=1S/C15H28F4/c1-7-11-13(6,10-4)15(18,19)14(16,17)12(5,8-2)9-3/h7-11H2,1-6H3. The molecule has 0 nitrogen and oxygen atoms in total. The van der Waals surface area contributed by atoms with Crippen molar-refractivity contribution in [2.75, 3.05) is 0 Å². The van der Waals surface area contributed by atoms with Crippen LogP contribution in [0.3, 0.4) is 0 Å². The monoisotopic (exact) mass is 284 g/mol. The molecule has 0 spiro atoms. The normalized spacial score (nSPS) is 17.4. The molecule has 116 valence electrons. The number of rotatable bonds is 8. The van der Waals surface area contributed by atoms with Crippen molar-refractivity contribution in [1.82, 2.24) is 0 Å². The molecule has 0 amide bonds. The fourth-order valence-corrected chi connectivity index (χ4v) is 2.56. The molecule has 0 bridgehead atoms. The van der Waals surface area contributed by atoms with Crippen LogP contribution in [0.1, 0.15) is 73.6 Å². The van der Waals surface area contributed by atoms with Crippen LogP contribution < -0.4 is 0 Å². The van der Waals surface area contributed by atoms with Crippen molar-refractivity contribution < 1.29 is 17.6 Å². The zero-order valence-electron chi connectivity index (χ0n) is 13.0. The summed E-state index contributed by atoms with van der Waals surface area (Å²) in [4.78, 5) is 0. The van der Waals surface area contributed by atoms with Crippen LogP contribution in [-0.4, -0.2) is 11.8 Å². The third kappa shape index (κ3) is 2.78. The lowest BCUT2D eigenvalue weighted by atomic mass is 9.66. The van der Waals surface area contributed by atoms with Gasteiger partial charge in [-0.05, 0) is 25.7 Å². The second kappa shape index (κ2) is 6.01. The minimum Gasteiger partial charge on any atom is -0.199 e. The Bertz CT molecular complexity index is 282. The largest absolute Gasteiger partial charge is 0.315 e. The van der Waals surface area contributed by atoms with E-state index in [2.05, 4.69) is 0 Å². The van der Waals surface area contributed by atoms with Gasteiger partial charge < -0.3 is 0 Å². The summed E-state index contributed by atoms with van der Waals surface area (Å²) in [6, 6.07) is 0. The van der Waals surface area contributed by atoms with Gasteiger partial charge in [0.1, 0.15) is 0 Å². The average molecular weight is 284 g/mol. The molecule has 1 unspecified atom stereocenters. The van der Waals surface area contributed by atoms with Gasteiger partial charge in [0.2, 0.25) is 0 Å². The molecule has 0 aliphatic rings. The van der Waals surface area contributed by atoms with Gasteiger partial charge in [-0.15, -0.1) is 0 Å². The number of alkyl halides is 4. The SMILES string of the molecule is CCCC(C)(CC)C(F)(F)C(F)(F)C(C)(CC)CC. The summed E-state index contributed by atoms with van der Waals surface area (Å²) in [6.07, 6.45) is 0.712. The highest BCUT2D eigenvalue weighted by atomic mass is 19.3. The van der Waals surface area contributed by atoms with Crippen molar-refractivity contribution in [3.8, 4) is 0 Å². The topological polar surface area (TPSA) is 0 Å². The maximum absolute atomic E-state index is 14.6. The molecule has 0 aromatic heterocycles. The zero-order chi connectivity index (χ0) is 15.5. The molecule has 0 fully saturated rings. The minimum absolute atomic E-state index is 0.0397. The second-order valence-corrected chi connectivity index (χ2v) is 6.08. The summed E-state index contributed by atoms with van der Waals surface area (Å²) in [5.41, 5.74) is -3.32. The summed E-state index contributed by atoms with van der Waals surface area (Å²) in [7, 11) is 0. The number of hydrogen-bond acceptors (Lipinski definition) is 0. The van der Waals surface area contributed by atoms with Crippen molar-refractivity contribution in [3.05, 3.63) is 0 Å². The van der Waals surface area contributed by atoms with E-state index in [1.807, 2.05) is 0 Å². The Hall–Kier alpha value is -0.280. The van der Waals surface area contributed by atoms with Crippen molar-refractivity contribution in [3.63, 3.8) is 0 Å². The van der Waals surface area contributed by atoms with E-state index in [0.29, 0.717) is 6.42 Å². The lowest BCUT2D eigenvalue weighted by molar-refractivity contribution is -0.311. The Kier molecular flexibility index (Phi) is 5.92. The quantitative estimate of drug-likeness (QED) is 0.459. The zero-order valence-corrected chi connectivity index (χ0v) is 13.0. The molecule has 0 heterocycles. The van der Waals surface area contributed by atoms with Gasteiger partial charge in [-0.25, -0.2) is 0 Å². The summed E-state index contributed by atoms with van der Waals surface area (Å²) < 4.78 is 58.1. The van der Waals surface area contributed by atoms with E-state index >= 15 is 0 Å². The van der Waals surface area contributed by atoms with Crippen molar-refractivity contribution in [2.24, 2.45) is 10.8 Å². The lowest BCUT2D eigenvalue weighted by Gasteiger charge is -2.47. The van der Waals surface area contributed by atoms with E-state index in [9.17, 15) is 17.6 Å². The van der Waals surface area contributed by atoms with Gasteiger partial charge >= 0.3 is 11.8 Å². The first-order valence-corrected chi connectivity index (χ1v) is 7.25. The smallest absolute Gasteiger partial charge is 0.199 e. The van der Waals surface area contributed by atoms with E-state index in [4.69, 9.17) is 0 Å². The first-order chi connectivity index (χ1) is 8.49. The van der Waals surface area contributed by atoms with Crippen LogP contribution in [-0.2, 0) is 0 Å². The van der Waals surface area contributed by atoms with Crippen LogP contribution in [0.2, 0.25) is 0 Å². The van der Waals surface area contributed by atoms with E-state index in [-0.39, 0.29) is 25.7 Å². The van der Waals surface area contributed by atoms with Gasteiger partial charge in [-0.3, -0.25) is 0 Å². The highest BCUT2D eigenvalue weighted by Crippen LogP contribution is 2.59. The van der Waals surface area contributed by atoms with Crippen molar-refractivity contribution >= 4 is 0 Å². The molecular weight excluding hydrogens is 256 g/mol. The maximum Gasteiger partial charge on any atom is 0.315 e. The predicted molar refractivity (Wildman–Crippen MR) is 71.9 cm³/mol. The maximum atomic E-state index is 14.6. The molecule has 19 heavy (non-hydrogen) atoms. The molecule has 0 aromatic rings. The Morgan fingerprint density at radius 2 is 0.947 bits per heavy atom. The minimum atomic E-state index is -4.00. The van der Waals surface area contributed by atoms with E-state index < -0.39 is 22.7 Å². The van der Waals surface area contributed by atoms with Crippen LogP contribution in [0, 0.1) is 10.8 Å². The fraction of sp³-hybridized carbons (Fsp3) is 1.00. The molecule has 0 rings (SSSR count).